The lowest BCUT2D eigenvalue weighted by atomic mass is 10.2. The fourth-order valence-corrected chi connectivity index (χ4v) is 2.27. The first-order valence-electron chi connectivity index (χ1n) is 7.01. The standard InChI is InChI=1S/C17H12Cl2O7/c1-23-15(20)11-7-9(18)3-5-13(11)25-17(22)26-14-6-4-10(19)8-12(14)16(21)24-2/h3-8H,1-2H3. The smallest absolute Gasteiger partial charge is 0.465 e. The zero-order valence-electron chi connectivity index (χ0n) is 13.6. The van der Waals surface area contributed by atoms with E-state index in [4.69, 9.17) is 32.7 Å². The quantitative estimate of drug-likeness (QED) is 0.564. The lowest BCUT2D eigenvalue weighted by molar-refractivity contribution is 0.0590. The van der Waals surface area contributed by atoms with Gasteiger partial charge in [0.05, 0.1) is 14.2 Å². The molecule has 0 saturated heterocycles. The minimum Gasteiger partial charge on any atom is -0.465 e. The summed E-state index contributed by atoms with van der Waals surface area (Å²) in [5.41, 5.74) is -0.137. The van der Waals surface area contributed by atoms with E-state index in [2.05, 4.69) is 9.47 Å². The predicted octanol–water partition coefficient (Wildman–Crippen LogP) is 4.14. The molecule has 0 aliphatic rings. The SMILES string of the molecule is COC(=O)c1cc(Cl)ccc1OC(=O)Oc1ccc(Cl)cc1C(=O)OC. The van der Waals surface area contributed by atoms with Crippen LogP contribution in [0.5, 0.6) is 11.5 Å². The fourth-order valence-electron chi connectivity index (χ4n) is 1.92. The molecule has 0 unspecified atom stereocenters. The Balaban J connectivity index is 2.25. The van der Waals surface area contributed by atoms with E-state index in [1.807, 2.05) is 0 Å². The maximum atomic E-state index is 12.1. The highest BCUT2D eigenvalue weighted by atomic mass is 35.5. The van der Waals surface area contributed by atoms with Crippen molar-refractivity contribution in [3.63, 3.8) is 0 Å². The molecule has 0 spiro atoms. The van der Waals surface area contributed by atoms with Gasteiger partial charge in [-0.3, -0.25) is 0 Å². The van der Waals surface area contributed by atoms with E-state index in [-0.39, 0.29) is 32.7 Å². The van der Waals surface area contributed by atoms with Crippen LogP contribution in [0.1, 0.15) is 20.7 Å². The zero-order chi connectivity index (χ0) is 19.3. The van der Waals surface area contributed by atoms with Gasteiger partial charge in [-0.05, 0) is 36.4 Å². The molecule has 0 bridgehead atoms. The monoisotopic (exact) mass is 398 g/mol. The predicted molar refractivity (Wildman–Crippen MR) is 92.2 cm³/mol. The van der Waals surface area contributed by atoms with Crippen molar-refractivity contribution in [2.24, 2.45) is 0 Å². The molecule has 136 valence electrons. The highest BCUT2D eigenvalue weighted by molar-refractivity contribution is 6.31. The molecule has 0 atom stereocenters. The maximum Gasteiger partial charge on any atom is 0.519 e. The van der Waals surface area contributed by atoms with Crippen LogP contribution in [0.25, 0.3) is 0 Å². The van der Waals surface area contributed by atoms with Gasteiger partial charge in [-0.2, -0.15) is 0 Å². The molecule has 2 rings (SSSR count). The number of carbonyl (C=O) groups excluding carboxylic acids is 3. The fraction of sp³-hybridized carbons (Fsp3) is 0.118. The number of hydrogen-bond acceptors (Lipinski definition) is 7. The third kappa shape index (κ3) is 4.65. The average molecular weight is 399 g/mol. The lowest BCUT2D eigenvalue weighted by Crippen LogP contribution is -2.18. The van der Waals surface area contributed by atoms with Crippen molar-refractivity contribution in [1.82, 2.24) is 0 Å². The Morgan fingerprint density at radius 1 is 0.731 bits per heavy atom. The van der Waals surface area contributed by atoms with Gasteiger partial charge in [0, 0.05) is 10.0 Å². The second-order valence-electron chi connectivity index (χ2n) is 4.72. The van der Waals surface area contributed by atoms with E-state index >= 15 is 0 Å². The first-order chi connectivity index (χ1) is 12.3. The normalized spacial score (nSPS) is 10.0. The first-order valence-corrected chi connectivity index (χ1v) is 7.76. The molecule has 2 aromatic rings. The van der Waals surface area contributed by atoms with Crippen molar-refractivity contribution in [2.45, 2.75) is 0 Å². The third-order valence-corrected chi connectivity index (χ3v) is 3.55. The molecule has 7 nitrogen and oxygen atoms in total. The number of halogens is 2. The van der Waals surface area contributed by atoms with E-state index in [9.17, 15) is 14.4 Å². The van der Waals surface area contributed by atoms with Crippen LogP contribution in [0.3, 0.4) is 0 Å². The number of carbonyl (C=O) groups is 3. The van der Waals surface area contributed by atoms with E-state index in [1.165, 1.54) is 50.6 Å². The Morgan fingerprint density at radius 2 is 1.12 bits per heavy atom. The summed E-state index contributed by atoms with van der Waals surface area (Å²) in [7, 11) is 2.34. The molecule has 0 aliphatic heterocycles. The van der Waals surface area contributed by atoms with Gasteiger partial charge in [-0.25, -0.2) is 14.4 Å². The summed E-state index contributed by atoms with van der Waals surface area (Å²) in [5, 5.41) is 0.494. The highest BCUT2D eigenvalue weighted by Gasteiger charge is 2.21. The summed E-state index contributed by atoms with van der Waals surface area (Å²) >= 11 is 11.7. The van der Waals surface area contributed by atoms with Gasteiger partial charge in [0.1, 0.15) is 22.6 Å². The van der Waals surface area contributed by atoms with Gasteiger partial charge in [0.25, 0.3) is 0 Å². The molecule has 0 heterocycles. The summed E-state index contributed by atoms with van der Waals surface area (Å²) in [5.74, 6) is -1.76. The largest absolute Gasteiger partial charge is 0.519 e. The Labute approximate surface area is 158 Å². The summed E-state index contributed by atoms with van der Waals surface area (Å²) in [6.45, 7) is 0. The van der Waals surface area contributed by atoms with Crippen LogP contribution >= 0.6 is 23.2 Å². The topological polar surface area (TPSA) is 88.1 Å². The van der Waals surface area contributed by atoms with Gasteiger partial charge in [0.15, 0.2) is 0 Å². The Hall–Kier alpha value is -2.77. The Kier molecular flexibility index (Phi) is 6.43. The Morgan fingerprint density at radius 3 is 1.46 bits per heavy atom. The molecule has 0 N–H and O–H groups in total. The first kappa shape index (κ1) is 19.6. The van der Waals surface area contributed by atoms with Crippen LogP contribution in [-0.4, -0.2) is 32.3 Å². The molecule has 9 heteroatoms. The second-order valence-corrected chi connectivity index (χ2v) is 5.59. The maximum absolute atomic E-state index is 12.1. The molecule has 0 fully saturated rings. The van der Waals surface area contributed by atoms with Crippen LogP contribution < -0.4 is 9.47 Å². The van der Waals surface area contributed by atoms with E-state index < -0.39 is 18.1 Å². The molecule has 0 saturated carbocycles. The van der Waals surface area contributed by atoms with Crippen molar-refractivity contribution >= 4 is 41.3 Å². The number of rotatable bonds is 4. The summed E-state index contributed by atoms with van der Waals surface area (Å²) in [6, 6.07) is 7.99. The van der Waals surface area contributed by atoms with E-state index in [0.717, 1.165) is 0 Å². The van der Waals surface area contributed by atoms with E-state index in [1.54, 1.807) is 0 Å². The van der Waals surface area contributed by atoms with Crippen LogP contribution in [-0.2, 0) is 9.47 Å². The van der Waals surface area contributed by atoms with Crippen LogP contribution in [0, 0.1) is 0 Å². The average Bonchev–Trinajstić information content (AvgIpc) is 2.63. The molecule has 26 heavy (non-hydrogen) atoms. The van der Waals surface area contributed by atoms with Crippen LogP contribution in [0.2, 0.25) is 10.0 Å². The van der Waals surface area contributed by atoms with Gasteiger partial charge >= 0.3 is 18.1 Å². The number of ether oxygens (including phenoxy) is 4. The van der Waals surface area contributed by atoms with Crippen molar-refractivity contribution < 1.29 is 33.3 Å². The number of methoxy groups -OCH3 is 2. The van der Waals surface area contributed by atoms with E-state index in [0.29, 0.717) is 0 Å². The summed E-state index contributed by atoms with van der Waals surface area (Å²) < 4.78 is 19.2. The number of benzene rings is 2. The van der Waals surface area contributed by atoms with Gasteiger partial charge in [-0.15, -0.1) is 0 Å². The molecule has 0 amide bonds. The third-order valence-electron chi connectivity index (χ3n) is 3.08. The van der Waals surface area contributed by atoms with Crippen molar-refractivity contribution in [3.8, 4) is 11.5 Å². The molecule has 2 aromatic carbocycles. The number of esters is 2. The van der Waals surface area contributed by atoms with Gasteiger partial charge in [-0.1, -0.05) is 23.2 Å². The molecular formula is C17H12Cl2O7. The van der Waals surface area contributed by atoms with Crippen molar-refractivity contribution in [2.75, 3.05) is 14.2 Å². The van der Waals surface area contributed by atoms with Crippen molar-refractivity contribution in [3.05, 3.63) is 57.6 Å². The van der Waals surface area contributed by atoms with Crippen LogP contribution in [0.4, 0.5) is 4.79 Å². The molecule has 0 aliphatic carbocycles. The number of hydrogen-bond donors (Lipinski definition) is 0. The lowest BCUT2D eigenvalue weighted by Gasteiger charge is -2.11. The minimum absolute atomic E-state index is 0.0683. The minimum atomic E-state index is -1.19. The molecule has 0 radical (unpaired) electrons. The van der Waals surface area contributed by atoms with Crippen molar-refractivity contribution in [1.29, 1.82) is 0 Å². The Bertz CT molecular complexity index is 795. The molecule has 0 aromatic heterocycles. The van der Waals surface area contributed by atoms with Gasteiger partial charge < -0.3 is 18.9 Å². The van der Waals surface area contributed by atoms with Crippen LogP contribution in [0.15, 0.2) is 36.4 Å². The second kappa shape index (κ2) is 8.55. The van der Waals surface area contributed by atoms with Gasteiger partial charge in [0.2, 0.25) is 0 Å². The summed E-state index contributed by atoms with van der Waals surface area (Å²) in [6.07, 6.45) is -1.19. The zero-order valence-corrected chi connectivity index (χ0v) is 15.1. The summed E-state index contributed by atoms with van der Waals surface area (Å²) in [4.78, 5) is 35.6. The highest BCUT2D eigenvalue weighted by Crippen LogP contribution is 2.27. The molecular weight excluding hydrogens is 387 g/mol.